The van der Waals surface area contributed by atoms with E-state index in [0.29, 0.717) is 11.3 Å². The van der Waals surface area contributed by atoms with Gasteiger partial charge in [-0.2, -0.15) is 10.2 Å². The zero-order chi connectivity index (χ0) is 17.0. The number of H-pyrrole nitrogens is 1. The largest absolute Gasteiger partial charge is 0.504 e. The molecule has 1 amide bonds. The van der Waals surface area contributed by atoms with Gasteiger partial charge in [0, 0.05) is 16.7 Å². The molecular formula is C16H20N4O3. The number of hydrazone groups is 1. The number of aromatic amines is 1. The molecule has 3 N–H and O–H groups in total. The quantitative estimate of drug-likeness (QED) is 0.594. The number of para-hydroxylation sites is 1. The molecule has 23 heavy (non-hydrogen) atoms. The van der Waals surface area contributed by atoms with Crippen molar-refractivity contribution in [2.75, 3.05) is 7.11 Å². The van der Waals surface area contributed by atoms with Gasteiger partial charge in [-0.25, -0.2) is 5.43 Å². The summed E-state index contributed by atoms with van der Waals surface area (Å²) in [5.74, 6) is -0.138. The fraction of sp³-hybridized carbons (Fsp3) is 0.312. The van der Waals surface area contributed by atoms with Crippen LogP contribution in [0.1, 0.15) is 42.5 Å². The molecule has 1 aromatic carbocycles. The number of hydrogen-bond acceptors (Lipinski definition) is 5. The van der Waals surface area contributed by atoms with Crippen LogP contribution in [0, 0.1) is 0 Å². The van der Waals surface area contributed by atoms with E-state index in [1.54, 1.807) is 24.3 Å². The lowest BCUT2D eigenvalue weighted by atomic mass is 9.92. The molecule has 0 atom stereocenters. The Bertz CT molecular complexity index is 729. The van der Waals surface area contributed by atoms with E-state index in [4.69, 9.17) is 4.74 Å². The predicted octanol–water partition coefficient (Wildman–Crippen LogP) is 2.19. The molecule has 1 heterocycles. The topological polar surface area (TPSA) is 99.6 Å². The maximum atomic E-state index is 12.0. The van der Waals surface area contributed by atoms with Gasteiger partial charge in [-0.1, -0.05) is 26.8 Å². The first kappa shape index (κ1) is 16.5. The highest BCUT2D eigenvalue weighted by Gasteiger charge is 2.19. The van der Waals surface area contributed by atoms with E-state index in [-0.39, 0.29) is 16.9 Å². The molecule has 0 aliphatic carbocycles. The van der Waals surface area contributed by atoms with E-state index in [2.05, 4.69) is 20.7 Å². The number of carbonyl (C=O) groups excluding carboxylic acids is 1. The summed E-state index contributed by atoms with van der Waals surface area (Å²) in [6.45, 7) is 6.06. The Morgan fingerprint density at radius 1 is 1.43 bits per heavy atom. The Morgan fingerprint density at radius 3 is 2.78 bits per heavy atom. The van der Waals surface area contributed by atoms with Crippen molar-refractivity contribution in [2.45, 2.75) is 26.2 Å². The smallest absolute Gasteiger partial charge is 0.291 e. The summed E-state index contributed by atoms with van der Waals surface area (Å²) < 4.78 is 5.00. The summed E-state index contributed by atoms with van der Waals surface area (Å²) in [5, 5.41) is 20.6. The molecule has 0 aliphatic heterocycles. The molecule has 122 valence electrons. The zero-order valence-electron chi connectivity index (χ0n) is 13.5. The number of aromatic nitrogens is 2. The third kappa shape index (κ3) is 3.88. The van der Waals surface area contributed by atoms with Gasteiger partial charge in [0.1, 0.15) is 0 Å². The molecule has 2 aromatic rings. The number of phenolic OH excluding ortho intramolecular Hbond substituents is 1. The number of aromatic hydroxyl groups is 1. The van der Waals surface area contributed by atoms with Gasteiger partial charge in [-0.15, -0.1) is 0 Å². The predicted molar refractivity (Wildman–Crippen MR) is 87.0 cm³/mol. The van der Waals surface area contributed by atoms with Crippen LogP contribution in [0.4, 0.5) is 0 Å². The molecule has 0 saturated heterocycles. The van der Waals surface area contributed by atoms with Crippen molar-refractivity contribution >= 4 is 12.1 Å². The molecule has 0 spiro atoms. The van der Waals surface area contributed by atoms with Crippen molar-refractivity contribution in [3.05, 3.63) is 41.2 Å². The molecule has 7 nitrogen and oxygen atoms in total. The molecular weight excluding hydrogens is 296 g/mol. The number of nitrogens with one attached hydrogen (secondary N) is 2. The van der Waals surface area contributed by atoms with Gasteiger partial charge in [-0.05, 0) is 18.2 Å². The van der Waals surface area contributed by atoms with Crippen LogP contribution in [0.25, 0.3) is 0 Å². The SMILES string of the molecule is COc1cccc(/C=N\NC(=O)c2cc(C(C)(C)C)[nH]n2)c1O. The number of phenols is 1. The molecule has 1 aromatic heterocycles. The summed E-state index contributed by atoms with van der Waals surface area (Å²) in [7, 11) is 1.46. The molecule has 0 saturated carbocycles. The van der Waals surface area contributed by atoms with E-state index >= 15 is 0 Å². The standard InChI is InChI=1S/C16H20N4O3/c1-16(2,3)13-8-11(18-19-13)15(22)20-17-9-10-6-5-7-12(23-4)14(10)21/h5-9,21H,1-4H3,(H,18,19)(H,20,22)/b17-9-. The monoisotopic (exact) mass is 316 g/mol. The number of hydrogen-bond donors (Lipinski definition) is 3. The lowest BCUT2D eigenvalue weighted by Gasteiger charge is -2.14. The second-order valence-electron chi connectivity index (χ2n) is 6.01. The molecule has 0 unspecified atom stereocenters. The maximum absolute atomic E-state index is 12.0. The number of rotatable bonds is 4. The minimum Gasteiger partial charge on any atom is -0.504 e. The van der Waals surface area contributed by atoms with Crippen LogP contribution < -0.4 is 10.2 Å². The van der Waals surface area contributed by atoms with Crippen LogP contribution in [-0.2, 0) is 5.41 Å². The van der Waals surface area contributed by atoms with Gasteiger partial charge in [0.15, 0.2) is 17.2 Å². The van der Waals surface area contributed by atoms with Crippen LogP contribution in [0.2, 0.25) is 0 Å². The third-order valence-electron chi connectivity index (χ3n) is 3.24. The van der Waals surface area contributed by atoms with Crippen molar-refractivity contribution in [2.24, 2.45) is 5.10 Å². The summed E-state index contributed by atoms with van der Waals surface area (Å²) in [5.41, 5.74) is 3.79. The molecule has 0 radical (unpaired) electrons. The summed E-state index contributed by atoms with van der Waals surface area (Å²) in [4.78, 5) is 12.0. The summed E-state index contributed by atoms with van der Waals surface area (Å²) >= 11 is 0. The van der Waals surface area contributed by atoms with Gasteiger partial charge < -0.3 is 9.84 Å². The fourth-order valence-corrected chi connectivity index (χ4v) is 1.85. The minimum absolute atomic E-state index is 0.0391. The third-order valence-corrected chi connectivity index (χ3v) is 3.24. The van der Waals surface area contributed by atoms with Gasteiger partial charge >= 0.3 is 0 Å². The van der Waals surface area contributed by atoms with E-state index in [1.807, 2.05) is 20.8 Å². The van der Waals surface area contributed by atoms with Crippen molar-refractivity contribution in [1.82, 2.24) is 15.6 Å². The van der Waals surface area contributed by atoms with Gasteiger partial charge in [0.05, 0.1) is 13.3 Å². The molecule has 0 aliphatic rings. The summed E-state index contributed by atoms with van der Waals surface area (Å²) in [6.07, 6.45) is 1.34. The number of nitrogens with zero attached hydrogens (tertiary/aromatic N) is 2. The van der Waals surface area contributed by atoms with Gasteiger partial charge in [-0.3, -0.25) is 9.89 Å². The van der Waals surface area contributed by atoms with Crippen molar-refractivity contribution in [3.63, 3.8) is 0 Å². The van der Waals surface area contributed by atoms with Crippen LogP contribution in [0.3, 0.4) is 0 Å². The normalized spacial score (nSPS) is 11.7. The number of benzene rings is 1. The van der Waals surface area contributed by atoms with E-state index in [0.717, 1.165) is 5.69 Å². The second kappa shape index (κ2) is 6.51. The first-order chi connectivity index (χ1) is 10.8. The Kier molecular flexibility index (Phi) is 4.68. The number of amides is 1. The van der Waals surface area contributed by atoms with Gasteiger partial charge in [0.25, 0.3) is 5.91 Å². The lowest BCUT2D eigenvalue weighted by molar-refractivity contribution is 0.0950. The molecule has 2 rings (SSSR count). The Hall–Kier alpha value is -2.83. The van der Waals surface area contributed by atoms with E-state index < -0.39 is 5.91 Å². The molecule has 0 bridgehead atoms. The number of carbonyl (C=O) groups is 1. The lowest BCUT2D eigenvalue weighted by Crippen LogP contribution is -2.18. The molecule has 7 heteroatoms. The van der Waals surface area contributed by atoms with Crippen LogP contribution in [0.15, 0.2) is 29.4 Å². The van der Waals surface area contributed by atoms with E-state index in [1.165, 1.54) is 13.3 Å². The van der Waals surface area contributed by atoms with Crippen molar-refractivity contribution in [3.8, 4) is 11.5 Å². The highest BCUT2D eigenvalue weighted by molar-refractivity contribution is 5.93. The van der Waals surface area contributed by atoms with Crippen LogP contribution >= 0.6 is 0 Å². The zero-order valence-corrected chi connectivity index (χ0v) is 13.5. The fourth-order valence-electron chi connectivity index (χ4n) is 1.85. The minimum atomic E-state index is -0.435. The maximum Gasteiger partial charge on any atom is 0.291 e. The number of methoxy groups -OCH3 is 1. The van der Waals surface area contributed by atoms with Crippen LogP contribution in [0.5, 0.6) is 11.5 Å². The first-order valence-corrected chi connectivity index (χ1v) is 7.08. The second-order valence-corrected chi connectivity index (χ2v) is 6.01. The van der Waals surface area contributed by atoms with E-state index in [9.17, 15) is 9.90 Å². The average Bonchev–Trinajstić information content (AvgIpc) is 2.99. The Morgan fingerprint density at radius 2 is 2.17 bits per heavy atom. The van der Waals surface area contributed by atoms with Crippen molar-refractivity contribution < 1.29 is 14.6 Å². The highest BCUT2D eigenvalue weighted by atomic mass is 16.5. The Balaban J connectivity index is 2.06. The number of ether oxygens (including phenoxy) is 1. The average molecular weight is 316 g/mol. The van der Waals surface area contributed by atoms with Gasteiger partial charge in [0.2, 0.25) is 0 Å². The highest BCUT2D eigenvalue weighted by Crippen LogP contribution is 2.27. The summed E-state index contributed by atoms with van der Waals surface area (Å²) in [6, 6.07) is 6.68. The Labute approximate surface area is 134 Å². The van der Waals surface area contributed by atoms with Crippen molar-refractivity contribution in [1.29, 1.82) is 0 Å². The molecule has 0 fully saturated rings. The van der Waals surface area contributed by atoms with Crippen LogP contribution in [-0.4, -0.2) is 34.5 Å². The first-order valence-electron chi connectivity index (χ1n) is 7.08.